The first-order chi connectivity index (χ1) is 12.3. The number of aryl methyl sites for hydroxylation is 1. The third-order valence-corrected chi connectivity index (χ3v) is 5.64. The van der Waals surface area contributed by atoms with Crippen LogP contribution in [0, 0.1) is 0 Å². The van der Waals surface area contributed by atoms with E-state index in [4.69, 9.17) is 11.6 Å². The summed E-state index contributed by atoms with van der Waals surface area (Å²) in [5, 5.41) is 10.8. The van der Waals surface area contributed by atoms with Crippen molar-refractivity contribution in [1.29, 1.82) is 0 Å². The van der Waals surface area contributed by atoms with E-state index >= 15 is 0 Å². The second kappa shape index (κ2) is 7.30. The average molecular weight is 395 g/mol. The number of aliphatic hydroxyl groups excluding tert-OH is 1. The van der Waals surface area contributed by atoms with Gasteiger partial charge in [-0.3, -0.25) is 13.9 Å². The lowest BCUT2D eigenvalue weighted by Gasteiger charge is -2.11. The van der Waals surface area contributed by atoms with Gasteiger partial charge in [0, 0.05) is 24.9 Å². The average Bonchev–Trinajstić information content (AvgIpc) is 2.97. The summed E-state index contributed by atoms with van der Waals surface area (Å²) in [6.07, 6.45) is -0.528. The minimum atomic E-state index is -0.528. The number of nitrogens with zero attached hydrogens (tertiary/aromatic N) is 4. The Morgan fingerprint density at radius 1 is 1.23 bits per heavy atom. The molecule has 1 unspecified atom stereocenters. The van der Waals surface area contributed by atoms with Crippen molar-refractivity contribution in [3.05, 3.63) is 55.7 Å². The summed E-state index contributed by atoms with van der Waals surface area (Å²) in [7, 11) is 3.03. The van der Waals surface area contributed by atoms with E-state index in [1.165, 1.54) is 23.4 Å². The molecule has 0 aliphatic heterocycles. The van der Waals surface area contributed by atoms with Crippen LogP contribution >= 0.6 is 23.4 Å². The zero-order valence-electron chi connectivity index (χ0n) is 14.6. The van der Waals surface area contributed by atoms with Crippen molar-refractivity contribution in [2.24, 2.45) is 14.1 Å². The van der Waals surface area contributed by atoms with Crippen LogP contribution in [0.5, 0.6) is 0 Å². The maximum Gasteiger partial charge on any atom is 0.332 e. The van der Waals surface area contributed by atoms with Crippen LogP contribution in [0.4, 0.5) is 0 Å². The summed E-state index contributed by atoms with van der Waals surface area (Å²) < 4.78 is 4.17. The van der Waals surface area contributed by atoms with Gasteiger partial charge in [0.2, 0.25) is 0 Å². The maximum atomic E-state index is 12.7. The molecule has 0 amide bonds. The predicted octanol–water partition coefficient (Wildman–Crippen LogP) is 1.61. The largest absolute Gasteiger partial charge is 0.393 e. The van der Waals surface area contributed by atoms with E-state index in [-0.39, 0.29) is 0 Å². The quantitative estimate of drug-likeness (QED) is 0.665. The van der Waals surface area contributed by atoms with Crippen LogP contribution in [0.1, 0.15) is 12.5 Å². The van der Waals surface area contributed by atoms with E-state index in [1.54, 1.807) is 24.6 Å². The number of benzene rings is 1. The van der Waals surface area contributed by atoms with Crippen LogP contribution in [0.2, 0.25) is 5.02 Å². The lowest BCUT2D eigenvalue weighted by molar-refractivity contribution is 0.220. The highest BCUT2D eigenvalue weighted by Crippen LogP contribution is 2.25. The van der Waals surface area contributed by atoms with Crippen molar-refractivity contribution in [3.63, 3.8) is 0 Å². The molecule has 1 aromatic carbocycles. The highest BCUT2D eigenvalue weighted by molar-refractivity contribution is 7.99. The molecule has 0 aliphatic rings. The zero-order valence-corrected chi connectivity index (χ0v) is 16.2. The van der Waals surface area contributed by atoms with Crippen molar-refractivity contribution in [2.75, 3.05) is 5.75 Å². The molecule has 2 aromatic heterocycles. The molecule has 9 heteroatoms. The monoisotopic (exact) mass is 394 g/mol. The predicted molar refractivity (Wildman–Crippen MR) is 103 cm³/mol. The molecule has 26 heavy (non-hydrogen) atoms. The van der Waals surface area contributed by atoms with Gasteiger partial charge in [0.05, 0.1) is 12.6 Å². The first kappa shape index (κ1) is 18.8. The summed E-state index contributed by atoms with van der Waals surface area (Å²) in [6.45, 7) is 2.02. The van der Waals surface area contributed by atoms with Crippen molar-refractivity contribution in [2.45, 2.75) is 24.7 Å². The summed E-state index contributed by atoms with van der Waals surface area (Å²) in [5.74, 6) is 0.417. The van der Waals surface area contributed by atoms with Crippen LogP contribution in [-0.4, -0.2) is 35.6 Å². The number of thioether (sulfide) groups is 1. The van der Waals surface area contributed by atoms with Crippen LogP contribution in [0.25, 0.3) is 11.2 Å². The number of hydrogen-bond donors (Lipinski definition) is 1. The maximum absolute atomic E-state index is 12.7. The van der Waals surface area contributed by atoms with Crippen LogP contribution in [-0.2, 0) is 20.6 Å². The van der Waals surface area contributed by atoms with Gasteiger partial charge in [-0.25, -0.2) is 9.78 Å². The van der Waals surface area contributed by atoms with E-state index in [1.807, 2.05) is 18.2 Å². The number of halogens is 1. The third-order valence-electron chi connectivity index (χ3n) is 4.05. The van der Waals surface area contributed by atoms with Gasteiger partial charge in [0.1, 0.15) is 0 Å². The summed E-state index contributed by atoms with van der Waals surface area (Å²) in [5.41, 5.74) is 0.646. The van der Waals surface area contributed by atoms with Gasteiger partial charge in [0.15, 0.2) is 16.3 Å². The Balaban J connectivity index is 2.26. The lowest BCUT2D eigenvalue weighted by atomic mass is 10.2. The van der Waals surface area contributed by atoms with E-state index in [0.717, 1.165) is 10.1 Å². The van der Waals surface area contributed by atoms with E-state index < -0.39 is 17.4 Å². The molecule has 0 saturated heterocycles. The Hall–Kier alpha value is -2.03. The van der Waals surface area contributed by atoms with E-state index in [0.29, 0.717) is 33.6 Å². The number of aromatic nitrogens is 4. The Bertz CT molecular complexity index is 1080. The number of aliphatic hydroxyl groups is 1. The zero-order chi connectivity index (χ0) is 19.0. The number of rotatable bonds is 5. The van der Waals surface area contributed by atoms with Gasteiger partial charge in [-0.05, 0) is 18.6 Å². The van der Waals surface area contributed by atoms with Crippen LogP contribution in [0.15, 0.2) is 39.0 Å². The fraction of sp³-hybridized carbons (Fsp3) is 0.353. The van der Waals surface area contributed by atoms with Gasteiger partial charge in [-0.2, -0.15) is 0 Å². The molecule has 138 valence electrons. The first-order valence-corrected chi connectivity index (χ1v) is 9.38. The van der Waals surface area contributed by atoms with Gasteiger partial charge in [-0.15, -0.1) is 0 Å². The van der Waals surface area contributed by atoms with Crippen molar-refractivity contribution < 1.29 is 5.11 Å². The fourth-order valence-electron chi connectivity index (χ4n) is 2.68. The molecule has 3 aromatic rings. The van der Waals surface area contributed by atoms with E-state index in [9.17, 15) is 14.7 Å². The van der Waals surface area contributed by atoms with Crippen molar-refractivity contribution in [1.82, 2.24) is 18.7 Å². The van der Waals surface area contributed by atoms with Gasteiger partial charge >= 0.3 is 5.69 Å². The summed E-state index contributed by atoms with van der Waals surface area (Å²) >= 11 is 7.61. The fourth-order valence-corrected chi connectivity index (χ4v) is 3.72. The SMILES string of the molecule is CC(O)CSc1nc2c(c(=O)n(C)c(=O)n2C)n1Cc1ccccc1Cl. The first-order valence-electron chi connectivity index (χ1n) is 8.01. The smallest absolute Gasteiger partial charge is 0.332 e. The Morgan fingerprint density at radius 3 is 2.58 bits per heavy atom. The Labute approximate surface area is 158 Å². The molecule has 3 rings (SSSR count). The number of hydrogen-bond acceptors (Lipinski definition) is 5. The summed E-state index contributed by atoms with van der Waals surface area (Å²) in [6, 6.07) is 7.37. The van der Waals surface area contributed by atoms with Crippen molar-refractivity contribution >= 4 is 34.5 Å². The molecule has 0 fully saturated rings. The molecule has 0 aliphatic carbocycles. The van der Waals surface area contributed by atoms with Crippen LogP contribution < -0.4 is 11.2 Å². The molecule has 1 atom stereocenters. The number of fused-ring (bicyclic) bond motifs is 1. The van der Waals surface area contributed by atoms with Crippen LogP contribution in [0.3, 0.4) is 0 Å². The Kier molecular flexibility index (Phi) is 5.27. The molecular weight excluding hydrogens is 376 g/mol. The number of imidazole rings is 1. The minimum Gasteiger partial charge on any atom is -0.393 e. The summed E-state index contributed by atoms with van der Waals surface area (Å²) in [4.78, 5) is 29.5. The standard InChI is InChI=1S/C17H19ClN4O3S/c1-10(23)9-26-16-19-14-13(15(24)21(3)17(25)20(14)2)22(16)8-11-6-4-5-7-12(11)18/h4-7,10,23H,8-9H2,1-3H3. The third kappa shape index (κ3) is 3.32. The molecule has 0 bridgehead atoms. The molecule has 0 radical (unpaired) electrons. The molecular formula is C17H19ClN4O3S. The van der Waals surface area contributed by atoms with Gasteiger partial charge in [-0.1, -0.05) is 41.6 Å². The lowest BCUT2D eigenvalue weighted by Crippen LogP contribution is -2.37. The molecule has 0 saturated carbocycles. The van der Waals surface area contributed by atoms with E-state index in [2.05, 4.69) is 4.98 Å². The molecule has 7 nitrogen and oxygen atoms in total. The highest BCUT2D eigenvalue weighted by Gasteiger charge is 2.20. The van der Waals surface area contributed by atoms with Gasteiger partial charge in [0.25, 0.3) is 5.56 Å². The molecule has 0 spiro atoms. The molecule has 1 N–H and O–H groups in total. The second-order valence-electron chi connectivity index (χ2n) is 6.11. The second-order valence-corrected chi connectivity index (χ2v) is 7.50. The van der Waals surface area contributed by atoms with Gasteiger partial charge < -0.3 is 9.67 Å². The minimum absolute atomic E-state index is 0.318. The van der Waals surface area contributed by atoms with Crippen molar-refractivity contribution in [3.8, 4) is 0 Å². The molecule has 2 heterocycles. The topological polar surface area (TPSA) is 82.1 Å². The Morgan fingerprint density at radius 2 is 1.92 bits per heavy atom. The highest BCUT2D eigenvalue weighted by atomic mass is 35.5. The normalized spacial score (nSPS) is 12.7.